The van der Waals surface area contributed by atoms with Crippen molar-refractivity contribution >= 4 is 5.84 Å². The SMILES string of the molecule is CCOc1ccccc1OC(Cc1ccc(OC)cc1)C1=NCCN1. The summed E-state index contributed by atoms with van der Waals surface area (Å²) in [6, 6.07) is 15.8. The summed E-state index contributed by atoms with van der Waals surface area (Å²) in [7, 11) is 1.67. The van der Waals surface area contributed by atoms with Crippen molar-refractivity contribution in [3.63, 3.8) is 0 Å². The summed E-state index contributed by atoms with van der Waals surface area (Å²) in [5.41, 5.74) is 1.16. The fourth-order valence-corrected chi connectivity index (χ4v) is 2.78. The minimum Gasteiger partial charge on any atom is -0.497 e. The zero-order chi connectivity index (χ0) is 17.5. The largest absolute Gasteiger partial charge is 0.497 e. The van der Waals surface area contributed by atoms with Crippen molar-refractivity contribution in [2.45, 2.75) is 19.4 Å². The van der Waals surface area contributed by atoms with Crippen molar-refractivity contribution in [2.24, 2.45) is 4.99 Å². The van der Waals surface area contributed by atoms with E-state index in [4.69, 9.17) is 14.2 Å². The predicted octanol–water partition coefficient (Wildman–Crippen LogP) is 3.09. The Morgan fingerprint density at radius 3 is 2.48 bits per heavy atom. The van der Waals surface area contributed by atoms with Crippen LogP contribution in [0.15, 0.2) is 53.5 Å². The van der Waals surface area contributed by atoms with Gasteiger partial charge in [-0.15, -0.1) is 0 Å². The Bertz CT molecular complexity index is 713. The van der Waals surface area contributed by atoms with Gasteiger partial charge >= 0.3 is 0 Å². The topological polar surface area (TPSA) is 52.1 Å². The van der Waals surface area contributed by atoms with Gasteiger partial charge in [0.15, 0.2) is 17.6 Å². The van der Waals surface area contributed by atoms with Crippen molar-refractivity contribution in [1.82, 2.24) is 5.32 Å². The fourth-order valence-electron chi connectivity index (χ4n) is 2.78. The van der Waals surface area contributed by atoms with E-state index in [1.54, 1.807) is 7.11 Å². The Morgan fingerprint density at radius 2 is 1.84 bits per heavy atom. The van der Waals surface area contributed by atoms with E-state index in [-0.39, 0.29) is 6.10 Å². The molecule has 1 N–H and O–H groups in total. The minimum absolute atomic E-state index is 0.183. The number of para-hydroxylation sites is 2. The highest BCUT2D eigenvalue weighted by atomic mass is 16.5. The lowest BCUT2D eigenvalue weighted by Crippen LogP contribution is -2.37. The van der Waals surface area contributed by atoms with Gasteiger partial charge in [-0.1, -0.05) is 24.3 Å². The number of hydrogen-bond donors (Lipinski definition) is 1. The van der Waals surface area contributed by atoms with Gasteiger partial charge in [0.25, 0.3) is 0 Å². The van der Waals surface area contributed by atoms with Crippen molar-refractivity contribution < 1.29 is 14.2 Å². The van der Waals surface area contributed by atoms with Gasteiger partial charge in [0.2, 0.25) is 0 Å². The van der Waals surface area contributed by atoms with Gasteiger partial charge in [-0.2, -0.15) is 0 Å². The van der Waals surface area contributed by atoms with Crippen LogP contribution in [0.5, 0.6) is 17.2 Å². The number of aliphatic imine (C=N–C) groups is 1. The van der Waals surface area contributed by atoms with Crippen LogP contribution in [0.3, 0.4) is 0 Å². The zero-order valence-electron chi connectivity index (χ0n) is 14.7. The third kappa shape index (κ3) is 4.44. The second-order valence-corrected chi connectivity index (χ2v) is 5.73. The summed E-state index contributed by atoms with van der Waals surface area (Å²) in [6.45, 7) is 4.20. The number of benzene rings is 2. The highest BCUT2D eigenvalue weighted by Gasteiger charge is 2.22. The van der Waals surface area contributed by atoms with E-state index in [9.17, 15) is 0 Å². The first-order valence-corrected chi connectivity index (χ1v) is 8.59. The molecule has 0 aliphatic carbocycles. The molecule has 1 heterocycles. The Labute approximate surface area is 148 Å². The summed E-state index contributed by atoms with van der Waals surface area (Å²) in [5.74, 6) is 3.23. The molecule has 132 valence electrons. The lowest BCUT2D eigenvalue weighted by molar-refractivity contribution is 0.241. The van der Waals surface area contributed by atoms with Gasteiger partial charge in [0.05, 0.1) is 20.3 Å². The first-order chi connectivity index (χ1) is 12.3. The molecule has 5 heteroatoms. The van der Waals surface area contributed by atoms with E-state index >= 15 is 0 Å². The first-order valence-electron chi connectivity index (χ1n) is 8.59. The van der Waals surface area contributed by atoms with Crippen LogP contribution in [-0.4, -0.2) is 38.7 Å². The summed E-state index contributed by atoms with van der Waals surface area (Å²) in [5, 5.41) is 3.33. The van der Waals surface area contributed by atoms with Crippen molar-refractivity contribution in [3.05, 3.63) is 54.1 Å². The monoisotopic (exact) mass is 340 g/mol. The molecule has 1 aliphatic rings. The standard InChI is InChI=1S/C20H24N2O3/c1-3-24-17-6-4-5-7-18(17)25-19(20-21-12-13-22-20)14-15-8-10-16(23-2)11-9-15/h4-11,19H,3,12-14H2,1-2H3,(H,21,22). The third-order valence-electron chi connectivity index (χ3n) is 4.00. The molecule has 0 saturated heterocycles. The van der Waals surface area contributed by atoms with E-state index in [2.05, 4.69) is 22.4 Å². The van der Waals surface area contributed by atoms with E-state index in [1.807, 2.05) is 43.3 Å². The predicted molar refractivity (Wildman–Crippen MR) is 99.0 cm³/mol. The summed E-state index contributed by atoms with van der Waals surface area (Å²) in [6.07, 6.45) is 0.536. The van der Waals surface area contributed by atoms with Gasteiger partial charge < -0.3 is 19.5 Å². The number of nitrogens with zero attached hydrogens (tertiary/aromatic N) is 1. The molecule has 1 aliphatic heterocycles. The molecular formula is C20H24N2O3. The molecule has 5 nitrogen and oxygen atoms in total. The summed E-state index contributed by atoms with van der Waals surface area (Å²) in [4.78, 5) is 4.55. The first kappa shape index (κ1) is 17.1. The molecule has 1 atom stereocenters. The highest BCUT2D eigenvalue weighted by molar-refractivity contribution is 5.88. The second-order valence-electron chi connectivity index (χ2n) is 5.73. The van der Waals surface area contributed by atoms with E-state index in [1.165, 1.54) is 0 Å². The summed E-state index contributed by atoms with van der Waals surface area (Å²) >= 11 is 0. The molecule has 0 spiro atoms. The average molecular weight is 340 g/mol. The highest BCUT2D eigenvalue weighted by Crippen LogP contribution is 2.28. The number of rotatable bonds is 8. The maximum absolute atomic E-state index is 6.29. The van der Waals surface area contributed by atoms with Crippen LogP contribution >= 0.6 is 0 Å². The lowest BCUT2D eigenvalue weighted by Gasteiger charge is -2.21. The van der Waals surface area contributed by atoms with Crippen LogP contribution in [0, 0.1) is 0 Å². The summed E-state index contributed by atoms with van der Waals surface area (Å²) < 4.78 is 17.2. The third-order valence-corrected chi connectivity index (χ3v) is 4.00. The number of amidine groups is 1. The number of methoxy groups -OCH3 is 1. The molecule has 2 aromatic rings. The fraction of sp³-hybridized carbons (Fsp3) is 0.350. The smallest absolute Gasteiger partial charge is 0.162 e. The van der Waals surface area contributed by atoms with E-state index in [0.717, 1.165) is 48.2 Å². The molecular weight excluding hydrogens is 316 g/mol. The molecule has 25 heavy (non-hydrogen) atoms. The van der Waals surface area contributed by atoms with Crippen LogP contribution in [0.2, 0.25) is 0 Å². The van der Waals surface area contributed by atoms with Crippen LogP contribution in [0.1, 0.15) is 12.5 Å². The Hall–Kier alpha value is -2.69. The van der Waals surface area contributed by atoms with Gasteiger partial charge in [0, 0.05) is 13.0 Å². The molecule has 2 aromatic carbocycles. The van der Waals surface area contributed by atoms with Crippen LogP contribution in [0.25, 0.3) is 0 Å². The zero-order valence-corrected chi connectivity index (χ0v) is 14.7. The van der Waals surface area contributed by atoms with Crippen LogP contribution in [-0.2, 0) is 6.42 Å². The molecule has 0 aromatic heterocycles. The van der Waals surface area contributed by atoms with Crippen molar-refractivity contribution in [1.29, 1.82) is 0 Å². The molecule has 0 bridgehead atoms. The number of nitrogens with one attached hydrogen (secondary N) is 1. The van der Waals surface area contributed by atoms with Gasteiger partial charge in [-0.25, -0.2) is 0 Å². The molecule has 0 fully saturated rings. The average Bonchev–Trinajstić information content (AvgIpc) is 3.18. The molecule has 3 rings (SSSR count). The maximum Gasteiger partial charge on any atom is 0.162 e. The molecule has 1 unspecified atom stereocenters. The van der Waals surface area contributed by atoms with Crippen LogP contribution < -0.4 is 19.5 Å². The van der Waals surface area contributed by atoms with Gasteiger partial charge in [-0.3, -0.25) is 4.99 Å². The lowest BCUT2D eigenvalue weighted by atomic mass is 10.1. The normalized spacial score (nSPS) is 14.4. The second kappa shape index (κ2) is 8.42. The minimum atomic E-state index is -0.183. The van der Waals surface area contributed by atoms with Gasteiger partial charge in [-0.05, 0) is 36.8 Å². The molecule has 0 amide bonds. The Kier molecular flexibility index (Phi) is 5.77. The molecule has 0 saturated carbocycles. The van der Waals surface area contributed by atoms with Crippen molar-refractivity contribution in [3.8, 4) is 17.2 Å². The van der Waals surface area contributed by atoms with E-state index in [0.29, 0.717) is 6.61 Å². The van der Waals surface area contributed by atoms with E-state index < -0.39 is 0 Å². The quantitative estimate of drug-likeness (QED) is 0.802. The maximum atomic E-state index is 6.29. The number of ether oxygens (including phenoxy) is 3. The Morgan fingerprint density at radius 1 is 1.08 bits per heavy atom. The van der Waals surface area contributed by atoms with Crippen LogP contribution in [0.4, 0.5) is 0 Å². The van der Waals surface area contributed by atoms with Crippen molar-refractivity contribution in [2.75, 3.05) is 26.8 Å². The Balaban J connectivity index is 1.80. The molecule has 0 radical (unpaired) electrons. The van der Waals surface area contributed by atoms with Gasteiger partial charge in [0.1, 0.15) is 11.6 Å². The number of hydrogen-bond acceptors (Lipinski definition) is 5.